The lowest BCUT2D eigenvalue weighted by molar-refractivity contribution is -0.380. The summed E-state index contributed by atoms with van der Waals surface area (Å²) in [6.45, 7) is 5.66. The molecule has 1 aromatic heterocycles. The third-order valence-electron chi connectivity index (χ3n) is 5.31. The second kappa shape index (κ2) is 12.4. The summed E-state index contributed by atoms with van der Waals surface area (Å²) >= 11 is 1.07. The Morgan fingerprint density at radius 1 is 0.784 bits per heavy atom. The molecule has 0 fully saturated rings. The number of ether oxygens (including phenoxy) is 6. The maximum Gasteiger partial charge on any atom is 0.324 e. The van der Waals surface area contributed by atoms with Gasteiger partial charge in [0.25, 0.3) is 0 Å². The van der Waals surface area contributed by atoms with Crippen molar-refractivity contribution < 1.29 is 33.3 Å². The largest absolute Gasteiger partial charge is 0.493 e. The molecule has 0 bridgehead atoms. The Hall–Kier alpha value is -3.92. The van der Waals surface area contributed by atoms with Crippen molar-refractivity contribution in [1.82, 2.24) is 0 Å². The van der Waals surface area contributed by atoms with E-state index in [-0.39, 0.29) is 11.1 Å². The average molecular weight is 530 g/mol. The first kappa shape index (κ1) is 27.7. The summed E-state index contributed by atoms with van der Waals surface area (Å²) in [7, 11) is 6.23. The maximum atomic E-state index is 11.1. The van der Waals surface area contributed by atoms with Crippen LogP contribution in [0.4, 0.5) is 5.00 Å². The predicted molar refractivity (Wildman–Crippen MR) is 144 cm³/mol. The minimum Gasteiger partial charge on any atom is -0.493 e. The topological polar surface area (TPSA) is 98.5 Å². The Kier molecular flexibility index (Phi) is 9.24. The van der Waals surface area contributed by atoms with E-state index in [1.807, 2.05) is 51.1 Å². The Bertz CT molecular complexity index is 1240. The van der Waals surface area contributed by atoms with Gasteiger partial charge in [0.05, 0.1) is 44.3 Å². The van der Waals surface area contributed by atoms with E-state index in [4.69, 9.17) is 28.4 Å². The first-order valence-electron chi connectivity index (χ1n) is 11.5. The lowest BCUT2D eigenvalue weighted by atomic mass is 10.1. The van der Waals surface area contributed by atoms with Crippen LogP contribution in [0.1, 0.15) is 42.9 Å². The molecule has 37 heavy (non-hydrogen) atoms. The lowest BCUT2D eigenvalue weighted by Crippen LogP contribution is -2.10. The van der Waals surface area contributed by atoms with Gasteiger partial charge in [-0.05, 0) is 56.7 Å². The van der Waals surface area contributed by atoms with E-state index in [1.165, 1.54) is 6.07 Å². The van der Waals surface area contributed by atoms with Crippen molar-refractivity contribution in [2.45, 2.75) is 33.0 Å². The summed E-state index contributed by atoms with van der Waals surface area (Å²) in [6.07, 6.45) is 3.16. The Morgan fingerprint density at radius 2 is 1.43 bits per heavy atom. The van der Waals surface area contributed by atoms with Crippen LogP contribution in [-0.4, -0.2) is 39.5 Å². The van der Waals surface area contributed by atoms with Crippen LogP contribution in [0.15, 0.2) is 36.4 Å². The second-order valence-electron chi connectivity index (χ2n) is 8.17. The highest BCUT2D eigenvalue weighted by Crippen LogP contribution is 2.45. The van der Waals surface area contributed by atoms with Gasteiger partial charge >= 0.3 is 5.00 Å². The summed E-state index contributed by atoms with van der Waals surface area (Å²) in [4.78, 5) is 11.4. The van der Waals surface area contributed by atoms with E-state index >= 15 is 0 Å². The minimum atomic E-state index is -0.476. The van der Waals surface area contributed by atoms with Crippen molar-refractivity contribution in [2.24, 2.45) is 0 Å². The molecule has 1 heterocycles. The number of thiophene rings is 1. The van der Waals surface area contributed by atoms with E-state index in [9.17, 15) is 10.1 Å². The minimum absolute atomic E-state index is 0.0538. The number of nitrogens with zero attached hydrogens (tertiary/aromatic N) is 1. The molecule has 10 heteroatoms. The van der Waals surface area contributed by atoms with Crippen LogP contribution in [-0.2, 0) is 0 Å². The highest BCUT2D eigenvalue weighted by molar-refractivity contribution is 7.15. The molecule has 0 aliphatic heterocycles. The smallest absolute Gasteiger partial charge is 0.324 e. The molecule has 2 aromatic carbocycles. The highest BCUT2D eigenvalue weighted by Gasteiger charge is 2.23. The van der Waals surface area contributed by atoms with E-state index < -0.39 is 11.0 Å². The van der Waals surface area contributed by atoms with Crippen LogP contribution in [0.2, 0.25) is 0 Å². The normalized spacial score (nSPS) is 11.9. The third kappa shape index (κ3) is 6.45. The van der Waals surface area contributed by atoms with E-state index in [1.54, 1.807) is 40.6 Å². The van der Waals surface area contributed by atoms with E-state index in [0.29, 0.717) is 39.4 Å². The Balaban J connectivity index is 2.04. The maximum absolute atomic E-state index is 11.1. The molecule has 1 unspecified atom stereocenters. The molecule has 3 rings (SSSR count). The Labute approximate surface area is 220 Å². The molecule has 0 saturated heterocycles. The summed E-state index contributed by atoms with van der Waals surface area (Å²) in [5.41, 5.74) is 1.57. The average Bonchev–Trinajstić information content (AvgIpc) is 3.38. The molecule has 1 atom stereocenters. The first-order valence-corrected chi connectivity index (χ1v) is 12.3. The van der Waals surface area contributed by atoms with Gasteiger partial charge in [0.15, 0.2) is 23.0 Å². The summed E-state index contributed by atoms with van der Waals surface area (Å²) in [5.74, 6) is 2.98. The number of methoxy groups -OCH3 is 4. The molecule has 198 valence electrons. The van der Waals surface area contributed by atoms with Gasteiger partial charge in [-0.3, -0.25) is 10.1 Å². The van der Waals surface area contributed by atoms with Crippen molar-refractivity contribution in [1.29, 1.82) is 0 Å². The van der Waals surface area contributed by atoms with Crippen molar-refractivity contribution >= 4 is 28.5 Å². The van der Waals surface area contributed by atoms with Crippen LogP contribution in [0.3, 0.4) is 0 Å². The molecule has 0 amide bonds. The number of benzene rings is 2. The first-order chi connectivity index (χ1) is 17.7. The molecule has 0 radical (unpaired) electrons. The zero-order valence-corrected chi connectivity index (χ0v) is 22.7. The standard InChI is InChI=1S/C27H31NO8S/c1-16(2)35-25-19(9-8-18-14-21(32-5)26(34-7)22(15-18)33-6)10-11-20(31-4)27(25)36-17(3)23-12-13-24(37-23)28(29)30/h8-17H,1-7H3/b9-8-. The van der Waals surface area contributed by atoms with Crippen LogP contribution < -0.4 is 28.4 Å². The number of hydrogen-bond acceptors (Lipinski definition) is 9. The highest BCUT2D eigenvalue weighted by atomic mass is 32.1. The quantitative estimate of drug-likeness (QED) is 0.144. The number of hydrogen-bond donors (Lipinski definition) is 0. The summed E-state index contributed by atoms with van der Waals surface area (Å²) in [6, 6.07) is 10.5. The predicted octanol–water partition coefficient (Wildman–Crippen LogP) is 6.79. The van der Waals surface area contributed by atoms with Crippen molar-refractivity contribution in [2.75, 3.05) is 28.4 Å². The van der Waals surface area contributed by atoms with Gasteiger partial charge in [-0.2, -0.15) is 0 Å². The summed E-state index contributed by atoms with van der Waals surface area (Å²) in [5, 5.41) is 11.2. The molecule has 0 aliphatic rings. The monoisotopic (exact) mass is 529 g/mol. The zero-order chi connectivity index (χ0) is 27.1. The van der Waals surface area contributed by atoms with Crippen molar-refractivity contribution in [3.63, 3.8) is 0 Å². The van der Waals surface area contributed by atoms with Gasteiger partial charge in [0.1, 0.15) is 6.10 Å². The van der Waals surface area contributed by atoms with Crippen molar-refractivity contribution in [3.05, 3.63) is 62.5 Å². The van der Waals surface area contributed by atoms with E-state index in [0.717, 1.165) is 22.5 Å². The van der Waals surface area contributed by atoms with Crippen LogP contribution in [0.5, 0.6) is 34.5 Å². The molecule has 0 saturated carbocycles. The van der Waals surface area contributed by atoms with Crippen LogP contribution in [0, 0.1) is 10.1 Å². The number of rotatable bonds is 12. The molecular weight excluding hydrogens is 498 g/mol. The fourth-order valence-corrected chi connectivity index (χ4v) is 4.40. The van der Waals surface area contributed by atoms with Gasteiger partial charge in [0.2, 0.25) is 11.5 Å². The fourth-order valence-electron chi connectivity index (χ4n) is 3.60. The fraction of sp³-hybridized carbons (Fsp3) is 0.333. The SMILES string of the molecule is COc1cc(/C=C\c2ccc(OC)c(OC(C)c3ccc([N+](=O)[O-])s3)c2OC(C)C)cc(OC)c1OC. The molecule has 0 aliphatic carbocycles. The van der Waals surface area contributed by atoms with Gasteiger partial charge in [-0.1, -0.05) is 23.5 Å². The molecule has 0 N–H and O–H groups in total. The zero-order valence-electron chi connectivity index (χ0n) is 21.9. The van der Waals surface area contributed by atoms with Crippen LogP contribution >= 0.6 is 11.3 Å². The lowest BCUT2D eigenvalue weighted by Gasteiger charge is -2.22. The third-order valence-corrected chi connectivity index (χ3v) is 6.51. The summed E-state index contributed by atoms with van der Waals surface area (Å²) < 4.78 is 34.4. The van der Waals surface area contributed by atoms with Gasteiger partial charge in [-0.15, -0.1) is 0 Å². The molecule has 3 aromatic rings. The number of nitro groups is 1. The van der Waals surface area contributed by atoms with Crippen LogP contribution in [0.25, 0.3) is 12.2 Å². The van der Waals surface area contributed by atoms with Gasteiger partial charge in [-0.25, -0.2) is 0 Å². The van der Waals surface area contributed by atoms with Crippen molar-refractivity contribution in [3.8, 4) is 34.5 Å². The van der Waals surface area contributed by atoms with E-state index in [2.05, 4.69) is 0 Å². The molecule has 9 nitrogen and oxygen atoms in total. The molecular formula is C27H31NO8S. The van der Waals surface area contributed by atoms with Gasteiger partial charge < -0.3 is 28.4 Å². The second-order valence-corrected chi connectivity index (χ2v) is 9.26. The Morgan fingerprint density at radius 3 is 1.95 bits per heavy atom. The molecule has 0 spiro atoms. The van der Waals surface area contributed by atoms with Gasteiger partial charge in [0, 0.05) is 11.6 Å².